The zero-order valence-corrected chi connectivity index (χ0v) is 13.0. The smallest absolute Gasteiger partial charge is 0.335 e. The molecule has 0 aliphatic carbocycles. The van der Waals surface area contributed by atoms with Gasteiger partial charge in [0, 0.05) is 5.56 Å². The number of nitrogens with zero attached hydrogens (tertiary/aromatic N) is 1. The van der Waals surface area contributed by atoms with Crippen molar-refractivity contribution in [2.24, 2.45) is 5.10 Å². The molecule has 2 rings (SSSR count). The van der Waals surface area contributed by atoms with Crippen molar-refractivity contribution >= 4 is 17.9 Å². The first kappa shape index (κ1) is 16.5. The minimum Gasteiger partial charge on any atom is -0.493 e. The molecule has 2 aromatic rings. The number of para-hydroxylation sites is 1. The van der Waals surface area contributed by atoms with Crippen LogP contribution in [0.4, 0.5) is 5.69 Å². The molecule has 0 bridgehead atoms. The molecule has 0 aliphatic rings. The van der Waals surface area contributed by atoms with Crippen LogP contribution in [0.15, 0.2) is 53.6 Å². The summed E-state index contributed by atoms with van der Waals surface area (Å²) < 4.78 is 5.73. The molecule has 0 heterocycles. The van der Waals surface area contributed by atoms with Crippen LogP contribution in [-0.4, -0.2) is 23.9 Å². The Hall–Kier alpha value is -2.82. The number of hydrogen-bond donors (Lipinski definition) is 2. The van der Waals surface area contributed by atoms with Crippen molar-refractivity contribution in [3.8, 4) is 5.75 Å². The number of aromatic carboxylic acids is 1. The van der Waals surface area contributed by atoms with Crippen LogP contribution < -0.4 is 10.2 Å². The molecule has 0 radical (unpaired) electrons. The van der Waals surface area contributed by atoms with Gasteiger partial charge in [0.1, 0.15) is 5.75 Å². The Labute approximate surface area is 135 Å². The van der Waals surface area contributed by atoms with E-state index in [1.165, 1.54) is 12.1 Å². The van der Waals surface area contributed by atoms with Crippen LogP contribution in [0.2, 0.25) is 0 Å². The topological polar surface area (TPSA) is 70.9 Å². The summed E-state index contributed by atoms with van der Waals surface area (Å²) in [6, 6.07) is 14.2. The normalized spacial score (nSPS) is 10.7. The van der Waals surface area contributed by atoms with Crippen molar-refractivity contribution in [2.75, 3.05) is 12.0 Å². The van der Waals surface area contributed by atoms with E-state index in [0.29, 0.717) is 12.3 Å². The number of benzene rings is 2. The first-order valence-electron chi connectivity index (χ1n) is 7.55. The molecule has 5 nitrogen and oxygen atoms in total. The lowest BCUT2D eigenvalue weighted by Crippen LogP contribution is -2.00. The molecule has 2 aromatic carbocycles. The van der Waals surface area contributed by atoms with Gasteiger partial charge < -0.3 is 9.84 Å². The second kappa shape index (κ2) is 8.58. The molecule has 0 saturated carbocycles. The molecule has 0 aliphatic heterocycles. The van der Waals surface area contributed by atoms with E-state index in [9.17, 15) is 4.79 Å². The van der Waals surface area contributed by atoms with Gasteiger partial charge in [0.15, 0.2) is 0 Å². The van der Waals surface area contributed by atoms with Crippen molar-refractivity contribution in [3.63, 3.8) is 0 Å². The number of ether oxygens (including phenoxy) is 1. The maximum absolute atomic E-state index is 10.9. The van der Waals surface area contributed by atoms with Crippen molar-refractivity contribution in [1.82, 2.24) is 0 Å². The summed E-state index contributed by atoms with van der Waals surface area (Å²) in [5.41, 5.74) is 4.53. The van der Waals surface area contributed by atoms with Gasteiger partial charge in [-0.25, -0.2) is 4.79 Å². The first-order chi connectivity index (χ1) is 11.2. The third-order valence-electron chi connectivity index (χ3n) is 3.18. The van der Waals surface area contributed by atoms with Crippen molar-refractivity contribution < 1.29 is 14.6 Å². The lowest BCUT2D eigenvalue weighted by molar-refractivity contribution is 0.0697. The van der Waals surface area contributed by atoms with E-state index in [1.54, 1.807) is 18.3 Å². The fourth-order valence-corrected chi connectivity index (χ4v) is 1.94. The first-order valence-corrected chi connectivity index (χ1v) is 7.55. The number of anilines is 1. The van der Waals surface area contributed by atoms with Crippen LogP contribution in [-0.2, 0) is 0 Å². The quantitative estimate of drug-likeness (QED) is 0.439. The summed E-state index contributed by atoms with van der Waals surface area (Å²) in [6.07, 6.45) is 3.75. The third kappa shape index (κ3) is 5.14. The van der Waals surface area contributed by atoms with Gasteiger partial charge in [-0.3, -0.25) is 5.43 Å². The van der Waals surface area contributed by atoms with Crippen LogP contribution in [0.25, 0.3) is 0 Å². The predicted molar refractivity (Wildman–Crippen MR) is 91.5 cm³/mol. The minimum atomic E-state index is -0.965. The van der Waals surface area contributed by atoms with Crippen molar-refractivity contribution in [3.05, 3.63) is 59.7 Å². The van der Waals surface area contributed by atoms with E-state index in [0.717, 1.165) is 24.2 Å². The monoisotopic (exact) mass is 312 g/mol. The van der Waals surface area contributed by atoms with Crippen LogP contribution >= 0.6 is 0 Å². The molecule has 0 aromatic heterocycles. The average molecular weight is 312 g/mol. The van der Waals surface area contributed by atoms with E-state index in [-0.39, 0.29) is 5.56 Å². The number of nitrogens with one attached hydrogen (secondary N) is 1. The summed E-state index contributed by atoms with van der Waals surface area (Å²) >= 11 is 0. The Morgan fingerprint density at radius 3 is 2.87 bits per heavy atom. The van der Waals surface area contributed by atoms with Gasteiger partial charge in [0.2, 0.25) is 0 Å². The van der Waals surface area contributed by atoms with Crippen molar-refractivity contribution in [1.29, 1.82) is 0 Å². The summed E-state index contributed by atoms with van der Waals surface area (Å²) in [7, 11) is 0. The molecule has 23 heavy (non-hydrogen) atoms. The SMILES string of the molecule is CCCCOc1ccccc1C=NNc1cccc(C(=O)O)c1. The minimum absolute atomic E-state index is 0.216. The number of carboxylic acids is 1. The Morgan fingerprint density at radius 2 is 2.09 bits per heavy atom. The van der Waals surface area contributed by atoms with E-state index < -0.39 is 5.97 Å². The average Bonchev–Trinajstić information content (AvgIpc) is 2.57. The molecule has 0 amide bonds. The largest absolute Gasteiger partial charge is 0.493 e. The van der Waals surface area contributed by atoms with Gasteiger partial charge in [0.05, 0.1) is 24.1 Å². The van der Waals surface area contributed by atoms with Gasteiger partial charge in [0.25, 0.3) is 0 Å². The number of unbranched alkanes of at least 4 members (excludes halogenated alkanes) is 1. The Balaban J connectivity index is 2.03. The fourth-order valence-electron chi connectivity index (χ4n) is 1.94. The summed E-state index contributed by atoms with van der Waals surface area (Å²) in [5, 5.41) is 13.1. The molecule has 2 N–H and O–H groups in total. The maximum Gasteiger partial charge on any atom is 0.335 e. The lowest BCUT2D eigenvalue weighted by Gasteiger charge is -2.08. The van der Waals surface area contributed by atoms with E-state index in [1.807, 2.05) is 24.3 Å². The fraction of sp³-hybridized carbons (Fsp3) is 0.222. The summed E-state index contributed by atoms with van der Waals surface area (Å²) in [4.78, 5) is 10.9. The van der Waals surface area contributed by atoms with Crippen LogP contribution in [0.3, 0.4) is 0 Å². The molecule has 0 spiro atoms. The summed E-state index contributed by atoms with van der Waals surface area (Å²) in [5.74, 6) is -0.182. The molecule has 0 unspecified atom stereocenters. The van der Waals surface area contributed by atoms with E-state index in [2.05, 4.69) is 17.5 Å². The zero-order valence-electron chi connectivity index (χ0n) is 13.0. The molecule has 120 valence electrons. The Bertz CT molecular complexity index is 683. The second-order valence-electron chi connectivity index (χ2n) is 5.00. The highest BCUT2D eigenvalue weighted by Crippen LogP contribution is 2.17. The number of hydrazone groups is 1. The van der Waals surface area contributed by atoms with Crippen LogP contribution in [0.1, 0.15) is 35.7 Å². The number of carbonyl (C=O) groups is 1. The summed E-state index contributed by atoms with van der Waals surface area (Å²) in [6.45, 7) is 2.79. The van der Waals surface area contributed by atoms with Gasteiger partial charge in [-0.1, -0.05) is 31.5 Å². The van der Waals surface area contributed by atoms with Gasteiger partial charge in [-0.05, 0) is 36.8 Å². The molecule has 0 fully saturated rings. The van der Waals surface area contributed by atoms with Gasteiger partial charge >= 0.3 is 5.97 Å². The number of carboxylic acid groups (broad SMARTS) is 1. The van der Waals surface area contributed by atoms with Gasteiger partial charge in [-0.15, -0.1) is 0 Å². The standard InChI is InChI=1S/C18H20N2O3/c1-2-3-11-23-17-10-5-4-7-15(17)13-19-20-16-9-6-8-14(12-16)18(21)22/h4-10,12-13,20H,2-3,11H2,1H3,(H,21,22). The molecule has 0 saturated heterocycles. The third-order valence-corrected chi connectivity index (χ3v) is 3.18. The molecule has 5 heteroatoms. The Kier molecular flexibility index (Phi) is 6.17. The van der Waals surface area contributed by atoms with Crippen molar-refractivity contribution in [2.45, 2.75) is 19.8 Å². The number of hydrogen-bond acceptors (Lipinski definition) is 4. The molecular weight excluding hydrogens is 292 g/mol. The second-order valence-corrected chi connectivity index (χ2v) is 5.00. The Morgan fingerprint density at radius 1 is 1.26 bits per heavy atom. The van der Waals surface area contributed by atoms with Gasteiger partial charge in [-0.2, -0.15) is 5.10 Å². The predicted octanol–water partition coefficient (Wildman–Crippen LogP) is 4.01. The maximum atomic E-state index is 10.9. The number of rotatable bonds is 8. The van der Waals surface area contributed by atoms with Crippen LogP contribution in [0.5, 0.6) is 5.75 Å². The van der Waals surface area contributed by atoms with Crippen LogP contribution in [0, 0.1) is 0 Å². The zero-order chi connectivity index (χ0) is 16.5. The van der Waals surface area contributed by atoms with E-state index in [4.69, 9.17) is 9.84 Å². The lowest BCUT2D eigenvalue weighted by atomic mass is 10.2. The highest BCUT2D eigenvalue weighted by molar-refractivity contribution is 5.89. The van der Waals surface area contributed by atoms with E-state index >= 15 is 0 Å². The molecule has 0 atom stereocenters. The highest BCUT2D eigenvalue weighted by atomic mass is 16.5. The molecular formula is C18H20N2O3. The highest BCUT2D eigenvalue weighted by Gasteiger charge is 2.03.